The molecule has 0 aromatic rings. The molecule has 0 aliphatic carbocycles. The zero-order valence-electron chi connectivity index (χ0n) is 12.2. The summed E-state index contributed by atoms with van der Waals surface area (Å²) in [4.78, 5) is 0. The minimum Gasteiger partial charge on any atom is -0.421 e. The summed E-state index contributed by atoms with van der Waals surface area (Å²) in [5.74, 6) is 0. The van der Waals surface area contributed by atoms with Crippen molar-refractivity contribution in [2.24, 2.45) is 0 Å². The molecule has 0 spiro atoms. The van der Waals surface area contributed by atoms with Crippen LogP contribution in [0.2, 0.25) is 0 Å². The number of aliphatic hydroxyl groups is 1. The van der Waals surface area contributed by atoms with Crippen LogP contribution in [-0.4, -0.2) is 71.2 Å². The van der Waals surface area contributed by atoms with Crippen LogP contribution < -0.4 is 0 Å². The van der Waals surface area contributed by atoms with Crippen molar-refractivity contribution >= 4 is 20.0 Å². The molecule has 0 aromatic heterocycles. The third kappa shape index (κ3) is 8.69. The van der Waals surface area contributed by atoms with E-state index in [0.717, 1.165) is 21.7 Å². The molecule has 0 atom stereocenters. The van der Waals surface area contributed by atoms with Gasteiger partial charge in [-0.25, -0.2) is 16.8 Å². The van der Waals surface area contributed by atoms with Crippen molar-refractivity contribution in [3.05, 3.63) is 4.13 Å². The summed E-state index contributed by atoms with van der Waals surface area (Å²) in [5, 5.41) is 8.52. The fourth-order valence-electron chi connectivity index (χ4n) is 0.643. The minimum atomic E-state index is -6.72. The van der Waals surface area contributed by atoms with E-state index in [9.17, 15) is 43.2 Å². The first-order chi connectivity index (χ1) is 9.83. The molecule has 0 saturated heterocycles. The van der Waals surface area contributed by atoms with Crippen LogP contribution in [0.3, 0.4) is 0 Å². The number of hydrogen-bond acceptors (Lipinski definition) is 5. The zero-order valence-corrected chi connectivity index (χ0v) is 13.8. The molecule has 15 heteroatoms. The standard InChI is InChI=1S/C6H16NO.C2F6NO4S2/c1-4-7(2,3)5-6-8;3-1(4,5)14(10,11)9-15(12,13)2(6,7)8/h8H,4-6H2,1-3H3;/q+1;-1. The van der Waals surface area contributed by atoms with Crippen molar-refractivity contribution in [3.8, 4) is 0 Å². The van der Waals surface area contributed by atoms with Crippen molar-refractivity contribution in [2.75, 3.05) is 33.8 Å². The predicted octanol–water partition coefficient (Wildman–Crippen LogP) is 1.13. The topological polar surface area (TPSA) is 103 Å². The fourth-order valence-corrected chi connectivity index (χ4v) is 2.35. The molecule has 1 N–H and O–H groups in total. The molecule has 0 unspecified atom stereocenters. The summed E-state index contributed by atoms with van der Waals surface area (Å²) in [5.41, 5.74) is -12.4. The predicted molar refractivity (Wildman–Crippen MR) is 67.9 cm³/mol. The van der Waals surface area contributed by atoms with E-state index < -0.39 is 31.1 Å². The quantitative estimate of drug-likeness (QED) is 0.553. The molecule has 0 bridgehead atoms. The van der Waals surface area contributed by atoms with Gasteiger partial charge >= 0.3 is 11.0 Å². The molecule has 0 radical (unpaired) electrons. The number of rotatable bonds is 5. The molecular weight excluding hydrogens is 382 g/mol. The number of halogens is 6. The molecule has 7 nitrogen and oxygen atoms in total. The highest BCUT2D eigenvalue weighted by Crippen LogP contribution is 2.36. The maximum Gasteiger partial charge on any atom is 0.480 e. The van der Waals surface area contributed by atoms with Gasteiger partial charge in [-0.05, 0) is 6.92 Å². The maximum atomic E-state index is 11.4. The second kappa shape index (κ2) is 7.96. The first kappa shape index (κ1) is 24.6. The normalized spacial score (nSPS) is 14.2. The molecule has 23 heavy (non-hydrogen) atoms. The number of likely N-dealkylation sites (N-methyl/N-ethyl adjacent to an activating group) is 1. The van der Waals surface area contributed by atoms with Gasteiger partial charge < -0.3 is 13.7 Å². The number of quaternary nitrogens is 1. The number of nitrogens with zero attached hydrogens (tertiary/aromatic N) is 2. The Morgan fingerprint density at radius 3 is 1.35 bits per heavy atom. The first-order valence-corrected chi connectivity index (χ1v) is 8.50. The Balaban J connectivity index is 0. The SMILES string of the molecule is CC[N+](C)(C)CCO.O=S(=O)([N-]S(=O)(=O)C(F)(F)F)C(F)(F)F. The summed E-state index contributed by atoms with van der Waals surface area (Å²) in [6.07, 6.45) is 0. The second-order valence-corrected chi connectivity index (χ2v) is 8.04. The Hall–Kier alpha value is -0.640. The smallest absolute Gasteiger partial charge is 0.421 e. The van der Waals surface area contributed by atoms with E-state index in [1.165, 1.54) is 0 Å². The lowest BCUT2D eigenvalue weighted by Gasteiger charge is -2.26. The summed E-state index contributed by atoms with van der Waals surface area (Å²) in [6, 6.07) is 0. The summed E-state index contributed by atoms with van der Waals surface area (Å²) < 4.78 is 110. The summed E-state index contributed by atoms with van der Waals surface area (Å²) >= 11 is 0. The van der Waals surface area contributed by atoms with Crippen LogP contribution in [0.5, 0.6) is 0 Å². The van der Waals surface area contributed by atoms with Crippen molar-refractivity contribution in [3.63, 3.8) is 0 Å². The van der Waals surface area contributed by atoms with E-state index in [4.69, 9.17) is 5.11 Å². The van der Waals surface area contributed by atoms with Gasteiger partial charge in [0.05, 0.1) is 27.2 Å². The van der Waals surface area contributed by atoms with E-state index in [1.807, 2.05) is 0 Å². The molecule has 0 aliphatic heterocycles. The Morgan fingerprint density at radius 1 is 0.913 bits per heavy atom. The van der Waals surface area contributed by atoms with E-state index in [1.54, 1.807) is 0 Å². The Bertz CT molecular complexity index is 525. The lowest BCUT2D eigenvalue weighted by atomic mass is 10.5. The number of aliphatic hydroxyl groups excluding tert-OH is 1. The van der Waals surface area contributed by atoms with Gasteiger partial charge in [0, 0.05) is 0 Å². The maximum absolute atomic E-state index is 11.4. The number of alkyl halides is 6. The van der Waals surface area contributed by atoms with Crippen LogP contribution in [0.1, 0.15) is 6.92 Å². The third-order valence-corrected chi connectivity index (χ3v) is 5.08. The van der Waals surface area contributed by atoms with Crippen LogP contribution in [0.15, 0.2) is 0 Å². The van der Waals surface area contributed by atoms with Crippen molar-refractivity contribution in [1.82, 2.24) is 0 Å². The molecule has 0 aromatic carbocycles. The molecule has 0 fully saturated rings. The molecule has 0 heterocycles. The van der Waals surface area contributed by atoms with E-state index in [2.05, 4.69) is 21.0 Å². The van der Waals surface area contributed by atoms with Gasteiger partial charge in [0.1, 0.15) is 6.54 Å². The summed E-state index contributed by atoms with van der Waals surface area (Å²) in [7, 11) is -9.23. The number of hydrogen-bond donors (Lipinski definition) is 1. The van der Waals surface area contributed by atoms with Gasteiger partial charge in [-0.1, -0.05) is 0 Å². The van der Waals surface area contributed by atoms with Crippen molar-refractivity contribution in [2.45, 2.75) is 17.9 Å². The first-order valence-electron chi connectivity index (χ1n) is 5.62. The average Bonchev–Trinajstić information content (AvgIpc) is 2.25. The Morgan fingerprint density at radius 2 is 1.22 bits per heavy atom. The minimum absolute atomic E-state index is 0.292. The van der Waals surface area contributed by atoms with E-state index in [-0.39, 0.29) is 0 Å². The van der Waals surface area contributed by atoms with Gasteiger partial charge in [-0.3, -0.25) is 0 Å². The fraction of sp³-hybridized carbons (Fsp3) is 1.00. The Labute approximate surface area is 129 Å². The van der Waals surface area contributed by atoms with Gasteiger partial charge in [-0.15, -0.1) is 0 Å². The van der Waals surface area contributed by atoms with Crippen LogP contribution in [-0.2, 0) is 20.0 Å². The van der Waals surface area contributed by atoms with Crippen LogP contribution >= 0.6 is 0 Å². The van der Waals surface area contributed by atoms with Gasteiger partial charge in [-0.2, -0.15) is 26.3 Å². The number of sulfonamides is 2. The van der Waals surface area contributed by atoms with Crippen LogP contribution in [0, 0.1) is 0 Å². The lowest BCUT2D eigenvalue weighted by Crippen LogP contribution is -2.41. The largest absolute Gasteiger partial charge is 0.480 e. The Kier molecular flexibility index (Phi) is 8.51. The van der Waals surface area contributed by atoms with Crippen molar-refractivity contribution < 1.29 is 52.8 Å². The molecule has 0 aliphatic rings. The molecule has 0 rings (SSSR count). The van der Waals surface area contributed by atoms with Gasteiger partial charge in [0.2, 0.25) is 0 Å². The summed E-state index contributed by atoms with van der Waals surface area (Å²) in [6.45, 7) is 4.35. The highest BCUT2D eigenvalue weighted by Gasteiger charge is 2.46. The highest BCUT2D eigenvalue weighted by molar-refractivity contribution is 8.13. The second-order valence-electron chi connectivity index (χ2n) is 4.62. The molecule has 0 amide bonds. The molecule has 0 saturated carbocycles. The average molecular weight is 398 g/mol. The van der Waals surface area contributed by atoms with Crippen molar-refractivity contribution in [1.29, 1.82) is 0 Å². The highest BCUT2D eigenvalue weighted by atomic mass is 32.3. The zero-order chi connectivity index (χ0) is 19.3. The van der Waals surface area contributed by atoms with Crippen LogP contribution in [0.25, 0.3) is 4.13 Å². The monoisotopic (exact) mass is 398 g/mol. The lowest BCUT2D eigenvalue weighted by molar-refractivity contribution is -0.888. The molecule has 142 valence electrons. The molecular formula is C8H16F6N2O5S2. The van der Waals surface area contributed by atoms with Gasteiger partial charge in [0.15, 0.2) is 20.0 Å². The van der Waals surface area contributed by atoms with E-state index >= 15 is 0 Å². The van der Waals surface area contributed by atoms with Gasteiger partial charge in [0.25, 0.3) is 0 Å². The third-order valence-electron chi connectivity index (χ3n) is 2.34. The van der Waals surface area contributed by atoms with E-state index in [0.29, 0.717) is 6.61 Å². The van der Waals surface area contributed by atoms with Crippen LogP contribution in [0.4, 0.5) is 26.3 Å².